The number of carbonyl (C=O) groups excluding carboxylic acids is 1. The average Bonchev–Trinajstić information content (AvgIpc) is 2.83. The van der Waals surface area contributed by atoms with E-state index in [9.17, 15) is 9.59 Å². The molecule has 1 unspecified atom stereocenters. The minimum absolute atomic E-state index is 0.132. The third-order valence-electron chi connectivity index (χ3n) is 5.69. The van der Waals surface area contributed by atoms with Crippen molar-refractivity contribution in [1.29, 1.82) is 0 Å². The molecule has 0 radical (unpaired) electrons. The molecule has 1 atom stereocenters. The zero-order chi connectivity index (χ0) is 25.4. The number of aryl methyl sites for hydroxylation is 1. The molecule has 8 heteroatoms. The normalized spacial score (nSPS) is 11.8. The van der Waals surface area contributed by atoms with Crippen molar-refractivity contribution in [2.24, 2.45) is 5.92 Å². The first-order chi connectivity index (χ1) is 16.8. The van der Waals surface area contributed by atoms with Crippen LogP contribution in [0.15, 0.2) is 47.5 Å². The minimum atomic E-state index is -0.231. The number of amides is 1. The molecule has 1 aromatic carbocycles. The van der Waals surface area contributed by atoms with Crippen molar-refractivity contribution >= 4 is 5.91 Å². The second-order valence-corrected chi connectivity index (χ2v) is 8.58. The van der Waals surface area contributed by atoms with Crippen LogP contribution in [0.4, 0.5) is 0 Å². The molecule has 3 aromatic rings. The Kier molecular flexibility index (Phi) is 9.00. The molecule has 0 saturated heterocycles. The third-order valence-corrected chi connectivity index (χ3v) is 5.69. The molecule has 0 aliphatic rings. The summed E-state index contributed by atoms with van der Waals surface area (Å²) in [7, 11) is 0. The third kappa shape index (κ3) is 6.68. The Morgan fingerprint density at radius 3 is 2.37 bits per heavy atom. The van der Waals surface area contributed by atoms with Gasteiger partial charge in [-0.15, -0.1) is 0 Å². The lowest BCUT2D eigenvalue weighted by atomic mass is 9.95. The summed E-state index contributed by atoms with van der Waals surface area (Å²) < 4.78 is 11.4. The fourth-order valence-electron chi connectivity index (χ4n) is 3.93. The van der Waals surface area contributed by atoms with Gasteiger partial charge < -0.3 is 19.8 Å². The number of rotatable bonds is 11. The molecule has 2 N–H and O–H groups in total. The van der Waals surface area contributed by atoms with Crippen LogP contribution < -0.4 is 20.3 Å². The predicted molar refractivity (Wildman–Crippen MR) is 136 cm³/mol. The van der Waals surface area contributed by atoms with Gasteiger partial charge in [-0.05, 0) is 62.9 Å². The zero-order valence-electron chi connectivity index (χ0n) is 21.1. The summed E-state index contributed by atoms with van der Waals surface area (Å²) in [5.74, 6) is 1.85. The summed E-state index contributed by atoms with van der Waals surface area (Å²) in [6, 6.07) is 9.13. The van der Waals surface area contributed by atoms with Gasteiger partial charge in [-0.25, -0.2) is 4.98 Å². The van der Waals surface area contributed by atoms with E-state index in [-0.39, 0.29) is 29.8 Å². The van der Waals surface area contributed by atoms with E-state index in [2.05, 4.69) is 34.1 Å². The number of benzene rings is 1. The number of pyridine rings is 1. The SMILES string of the molecule is CCOc1ccc(C(NC(=O)CCc2c(C)nc(-c3ccncc3)[nH]c2=O)C(C)C)cc1OCC. The van der Waals surface area contributed by atoms with Gasteiger partial charge >= 0.3 is 0 Å². The van der Waals surface area contributed by atoms with Crippen molar-refractivity contribution < 1.29 is 14.3 Å². The molecule has 1 amide bonds. The van der Waals surface area contributed by atoms with Crippen molar-refractivity contribution in [1.82, 2.24) is 20.3 Å². The number of ether oxygens (including phenoxy) is 2. The van der Waals surface area contributed by atoms with Crippen molar-refractivity contribution in [2.75, 3.05) is 13.2 Å². The summed E-state index contributed by atoms with van der Waals surface area (Å²) in [5, 5.41) is 3.13. The van der Waals surface area contributed by atoms with Gasteiger partial charge in [-0.3, -0.25) is 14.6 Å². The van der Waals surface area contributed by atoms with E-state index in [1.54, 1.807) is 31.5 Å². The molecule has 35 heavy (non-hydrogen) atoms. The highest BCUT2D eigenvalue weighted by atomic mass is 16.5. The quantitative estimate of drug-likeness (QED) is 0.424. The lowest BCUT2D eigenvalue weighted by molar-refractivity contribution is -0.122. The van der Waals surface area contributed by atoms with Crippen molar-refractivity contribution in [3.8, 4) is 22.9 Å². The number of carbonyl (C=O) groups is 1. The largest absolute Gasteiger partial charge is 0.490 e. The van der Waals surface area contributed by atoms with Gasteiger partial charge in [-0.1, -0.05) is 19.9 Å². The van der Waals surface area contributed by atoms with Gasteiger partial charge in [0.25, 0.3) is 5.56 Å². The van der Waals surface area contributed by atoms with Gasteiger partial charge in [0.15, 0.2) is 11.5 Å². The number of nitrogens with one attached hydrogen (secondary N) is 2. The van der Waals surface area contributed by atoms with E-state index >= 15 is 0 Å². The number of hydrogen-bond donors (Lipinski definition) is 2. The van der Waals surface area contributed by atoms with Crippen molar-refractivity contribution in [2.45, 2.75) is 53.5 Å². The predicted octanol–water partition coefficient (Wildman–Crippen LogP) is 4.38. The second-order valence-electron chi connectivity index (χ2n) is 8.58. The Morgan fingerprint density at radius 1 is 1.06 bits per heavy atom. The van der Waals surface area contributed by atoms with E-state index in [0.717, 1.165) is 11.1 Å². The summed E-state index contributed by atoms with van der Waals surface area (Å²) >= 11 is 0. The lowest BCUT2D eigenvalue weighted by Gasteiger charge is -2.24. The topological polar surface area (TPSA) is 106 Å². The minimum Gasteiger partial charge on any atom is -0.490 e. The molecule has 3 rings (SSSR count). The van der Waals surface area contributed by atoms with Crippen molar-refractivity contribution in [3.05, 3.63) is 69.9 Å². The summed E-state index contributed by atoms with van der Waals surface area (Å²) in [6.07, 6.45) is 3.78. The molecule has 0 spiro atoms. The van der Waals surface area contributed by atoms with Crippen LogP contribution in [-0.2, 0) is 11.2 Å². The summed E-state index contributed by atoms with van der Waals surface area (Å²) in [5.41, 5.74) is 2.62. The highest BCUT2D eigenvalue weighted by Crippen LogP contribution is 2.33. The molecule has 8 nitrogen and oxygen atoms in total. The molecule has 0 bridgehead atoms. The van der Waals surface area contributed by atoms with E-state index < -0.39 is 0 Å². The molecule has 0 fully saturated rings. The first-order valence-electron chi connectivity index (χ1n) is 12.0. The Morgan fingerprint density at radius 2 is 1.74 bits per heavy atom. The van der Waals surface area contributed by atoms with Gasteiger partial charge in [0.1, 0.15) is 5.82 Å². The summed E-state index contributed by atoms with van der Waals surface area (Å²) in [4.78, 5) is 36.9. The molecule has 0 aliphatic heterocycles. The highest BCUT2D eigenvalue weighted by molar-refractivity contribution is 5.76. The molecular weight excluding hydrogens is 444 g/mol. The fourth-order valence-corrected chi connectivity index (χ4v) is 3.93. The van der Waals surface area contributed by atoms with Crippen LogP contribution in [0.1, 0.15) is 57.0 Å². The molecule has 186 valence electrons. The van der Waals surface area contributed by atoms with Crippen molar-refractivity contribution in [3.63, 3.8) is 0 Å². The smallest absolute Gasteiger partial charge is 0.254 e. The van der Waals surface area contributed by atoms with Gasteiger partial charge in [0.05, 0.1) is 19.3 Å². The average molecular weight is 479 g/mol. The van der Waals surface area contributed by atoms with Crippen LogP contribution in [0.3, 0.4) is 0 Å². The standard InChI is InChI=1S/C27H34N4O4/c1-6-34-22-10-8-20(16-23(22)35-7-2)25(17(3)4)30-24(32)11-9-21-18(5)29-26(31-27(21)33)19-12-14-28-15-13-19/h8,10,12-17,25H,6-7,9,11H2,1-5H3,(H,30,32)(H,29,31,33). The van der Waals surface area contributed by atoms with E-state index in [4.69, 9.17) is 9.47 Å². The number of nitrogens with zero attached hydrogens (tertiary/aromatic N) is 2. The van der Waals surface area contributed by atoms with Crippen LogP contribution in [0.5, 0.6) is 11.5 Å². The van der Waals surface area contributed by atoms with Crippen LogP contribution >= 0.6 is 0 Å². The van der Waals surface area contributed by atoms with Crippen LogP contribution in [-0.4, -0.2) is 34.1 Å². The molecular formula is C27H34N4O4. The molecule has 2 aromatic heterocycles. The van der Waals surface area contributed by atoms with E-state index in [1.807, 2.05) is 32.0 Å². The Hall–Kier alpha value is -3.68. The van der Waals surface area contributed by atoms with Crippen LogP contribution in [0.25, 0.3) is 11.4 Å². The molecule has 2 heterocycles. The molecule has 0 saturated carbocycles. The second kappa shape index (κ2) is 12.1. The fraction of sp³-hybridized carbons (Fsp3) is 0.407. The highest BCUT2D eigenvalue weighted by Gasteiger charge is 2.21. The zero-order valence-corrected chi connectivity index (χ0v) is 21.1. The lowest BCUT2D eigenvalue weighted by Crippen LogP contribution is -2.32. The number of H-pyrrole nitrogens is 1. The number of aromatic amines is 1. The Labute approximate surface area is 206 Å². The van der Waals surface area contributed by atoms with Gasteiger partial charge in [-0.2, -0.15) is 0 Å². The first-order valence-corrected chi connectivity index (χ1v) is 12.0. The van der Waals surface area contributed by atoms with Crippen LogP contribution in [0.2, 0.25) is 0 Å². The number of aromatic nitrogens is 3. The number of hydrogen-bond acceptors (Lipinski definition) is 6. The van der Waals surface area contributed by atoms with Crippen LogP contribution in [0, 0.1) is 12.8 Å². The maximum atomic E-state index is 12.9. The Bertz CT molecular complexity index is 1190. The maximum absolute atomic E-state index is 12.9. The maximum Gasteiger partial charge on any atom is 0.254 e. The van der Waals surface area contributed by atoms with E-state index in [1.165, 1.54) is 0 Å². The van der Waals surface area contributed by atoms with Gasteiger partial charge in [0, 0.05) is 35.6 Å². The Balaban J connectivity index is 1.72. The van der Waals surface area contributed by atoms with E-state index in [0.29, 0.717) is 48.2 Å². The molecule has 0 aliphatic carbocycles. The van der Waals surface area contributed by atoms with Gasteiger partial charge in [0.2, 0.25) is 5.91 Å². The first kappa shape index (κ1) is 25.9. The monoisotopic (exact) mass is 478 g/mol. The summed E-state index contributed by atoms with van der Waals surface area (Å²) in [6.45, 7) is 10.8.